The minimum Gasteiger partial charge on any atom is -0.315 e. The molecule has 122 valence electrons. The molecule has 1 N–H and O–H groups in total. The van der Waals surface area contributed by atoms with Gasteiger partial charge in [0.25, 0.3) is 0 Å². The highest BCUT2D eigenvalue weighted by Crippen LogP contribution is 2.20. The molecular formula is C15H21N7S. The first-order valence-corrected chi connectivity index (χ1v) is 8.92. The number of rotatable bonds is 4. The van der Waals surface area contributed by atoms with Crippen LogP contribution in [0, 0.1) is 0 Å². The van der Waals surface area contributed by atoms with E-state index < -0.39 is 0 Å². The molecule has 1 atom stereocenters. The number of hydrogen-bond acceptors (Lipinski definition) is 6. The van der Waals surface area contributed by atoms with E-state index in [1.165, 1.54) is 12.1 Å². The van der Waals surface area contributed by atoms with Crippen molar-refractivity contribution in [2.24, 2.45) is 0 Å². The van der Waals surface area contributed by atoms with Crippen molar-refractivity contribution in [3.63, 3.8) is 0 Å². The second kappa shape index (κ2) is 6.38. The van der Waals surface area contributed by atoms with Crippen LogP contribution in [-0.4, -0.2) is 55.5 Å². The zero-order chi connectivity index (χ0) is 15.6. The molecule has 4 rings (SSSR count). The van der Waals surface area contributed by atoms with Crippen LogP contribution < -0.4 is 5.32 Å². The van der Waals surface area contributed by atoms with Gasteiger partial charge in [-0.05, 0) is 19.9 Å². The van der Waals surface area contributed by atoms with E-state index in [1.807, 2.05) is 17.2 Å². The summed E-state index contributed by atoms with van der Waals surface area (Å²) in [5.74, 6) is 0. The van der Waals surface area contributed by atoms with Crippen molar-refractivity contribution in [1.29, 1.82) is 0 Å². The first-order chi connectivity index (χ1) is 11.3. The maximum Gasteiger partial charge on any atom is 0.119 e. The molecule has 3 aromatic rings. The fourth-order valence-electron chi connectivity index (χ4n) is 3.07. The molecule has 7 nitrogen and oxygen atoms in total. The fraction of sp³-hybridized carbons (Fsp3) is 0.533. The Hall–Kier alpha value is -1.77. The van der Waals surface area contributed by atoms with Crippen LogP contribution in [0.4, 0.5) is 0 Å². The third kappa shape index (κ3) is 3.01. The lowest BCUT2D eigenvalue weighted by Crippen LogP contribution is -2.31. The maximum atomic E-state index is 4.40. The van der Waals surface area contributed by atoms with Gasteiger partial charge in [-0.1, -0.05) is 5.21 Å². The zero-order valence-electron chi connectivity index (χ0n) is 13.2. The quantitative estimate of drug-likeness (QED) is 0.783. The van der Waals surface area contributed by atoms with Crippen molar-refractivity contribution < 1.29 is 0 Å². The Morgan fingerprint density at radius 3 is 3.26 bits per heavy atom. The Bertz CT molecular complexity index is 766. The van der Waals surface area contributed by atoms with Gasteiger partial charge in [0.2, 0.25) is 0 Å². The van der Waals surface area contributed by atoms with Gasteiger partial charge in [-0.25, -0.2) is 9.67 Å². The summed E-state index contributed by atoms with van der Waals surface area (Å²) >= 11 is 1.70. The Labute approximate surface area is 138 Å². The normalized spacial score (nSPS) is 18.3. The number of fused-ring (bicyclic) bond motifs is 1. The molecule has 3 aromatic heterocycles. The van der Waals surface area contributed by atoms with Gasteiger partial charge in [0.05, 0.1) is 36.4 Å². The molecule has 0 amide bonds. The summed E-state index contributed by atoms with van der Waals surface area (Å²) in [4.78, 5) is 7.82. The van der Waals surface area contributed by atoms with Crippen LogP contribution in [0.1, 0.15) is 30.8 Å². The number of nitrogens with one attached hydrogen (secondary N) is 1. The monoisotopic (exact) mass is 331 g/mol. The second-order valence-electron chi connectivity index (χ2n) is 5.99. The van der Waals surface area contributed by atoms with Crippen LogP contribution in [0.3, 0.4) is 0 Å². The summed E-state index contributed by atoms with van der Waals surface area (Å²) < 4.78 is 4.03. The minimum atomic E-state index is 0.305. The van der Waals surface area contributed by atoms with Crippen LogP contribution in [-0.2, 0) is 6.54 Å². The minimum absolute atomic E-state index is 0.305. The van der Waals surface area contributed by atoms with E-state index >= 15 is 0 Å². The van der Waals surface area contributed by atoms with E-state index in [1.54, 1.807) is 11.3 Å². The molecule has 8 heteroatoms. The molecule has 1 fully saturated rings. The van der Waals surface area contributed by atoms with Gasteiger partial charge in [0.1, 0.15) is 11.2 Å². The maximum absolute atomic E-state index is 4.40. The summed E-state index contributed by atoms with van der Waals surface area (Å²) in [6.07, 6.45) is 7.00. The average Bonchev–Trinajstić information content (AvgIpc) is 3.22. The summed E-state index contributed by atoms with van der Waals surface area (Å²) in [5, 5.41) is 14.3. The lowest BCUT2D eigenvalue weighted by atomic mass is 10.2. The predicted molar refractivity (Wildman–Crippen MR) is 89.7 cm³/mol. The van der Waals surface area contributed by atoms with Crippen LogP contribution in [0.15, 0.2) is 24.1 Å². The number of aromatic nitrogens is 5. The van der Waals surface area contributed by atoms with Gasteiger partial charge in [-0.15, -0.1) is 16.4 Å². The van der Waals surface area contributed by atoms with Gasteiger partial charge < -0.3 is 5.32 Å². The largest absolute Gasteiger partial charge is 0.315 e. The fourth-order valence-corrected chi connectivity index (χ4v) is 3.92. The molecule has 0 aliphatic carbocycles. The van der Waals surface area contributed by atoms with E-state index in [2.05, 4.69) is 48.4 Å². The molecule has 0 bridgehead atoms. The van der Waals surface area contributed by atoms with Crippen molar-refractivity contribution >= 4 is 16.2 Å². The molecule has 1 aliphatic rings. The van der Waals surface area contributed by atoms with E-state index in [4.69, 9.17) is 0 Å². The van der Waals surface area contributed by atoms with Crippen molar-refractivity contribution in [3.05, 3.63) is 35.5 Å². The van der Waals surface area contributed by atoms with Gasteiger partial charge in [-0.2, -0.15) is 0 Å². The average molecular weight is 331 g/mol. The summed E-state index contributed by atoms with van der Waals surface area (Å²) in [6, 6.07) is 0.305. The Kier molecular flexibility index (Phi) is 4.11. The summed E-state index contributed by atoms with van der Waals surface area (Å²) in [7, 11) is 0. The van der Waals surface area contributed by atoms with Crippen LogP contribution in [0.25, 0.3) is 4.83 Å². The first kappa shape index (κ1) is 14.8. The van der Waals surface area contributed by atoms with Crippen molar-refractivity contribution in [1.82, 2.24) is 34.6 Å². The Balaban J connectivity index is 1.48. The molecule has 4 heterocycles. The third-order valence-corrected chi connectivity index (χ3v) is 5.39. The standard InChI is InChI=1S/C15H21N7S/c1-12(20-5-2-3-16-4-6-20)14-9-21(19-18-14)8-13-10-23-15-7-17-11-22(13)15/h7,9-12,16H,2-6,8H2,1H3. The lowest BCUT2D eigenvalue weighted by molar-refractivity contribution is 0.221. The molecule has 23 heavy (non-hydrogen) atoms. The molecule has 0 saturated carbocycles. The van der Waals surface area contributed by atoms with Gasteiger partial charge in [0.15, 0.2) is 0 Å². The van der Waals surface area contributed by atoms with Gasteiger partial charge >= 0.3 is 0 Å². The molecule has 0 radical (unpaired) electrons. The molecule has 0 spiro atoms. The first-order valence-electron chi connectivity index (χ1n) is 8.04. The lowest BCUT2D eigenvalue weighted by Gasteiger charge is -2.25. The highest BCUT2D eigenvalue weighted by atomic mass is 32.1. The van der Waals surface area contributed by atoms with Crippen molar-refractivity contribution in [3.8, 4) is 0 Å². The highest BCUT2D eigenvalue weighted by Gasteiger charge is 2.20. The second-order valence-corrected chi connectivity index (χ2v) is 6.88. The van der Waals surface area contributed by atoms with Crippen molar-refractivity contribution in [2.75, 3.05) is 26.2 Å². The summed E-state index contributed by atoms with van der Waals surface area (Å²) in [6.45, 7) is 7.27. The number of imidazole rings is 1. The number of hydrogen-bond donors (Lipinski definition) is 1. The predicted octanol–water partition coefficient (Wildman–Crippen LogP) is 1.39. The summed E-state index contributed by atoms with van der Waals surface area (Å²) in [5.41, 5.74) is 2.23. The Morgan fingerprint density at radius 1 is 1.35 bits per heavy atom. The van der Waals surface area contributed by atoms with E-state index in [0.29, 0.717) is 6.04 Å². The van der Waals surface area contributed by atoms with Gasteiger partial charge in [0, 0.05) is 25.0 Å². The van der Waals surface area contributed by atoms with E-state index in [0.717, 1.165) is 43.2 Å². The highest BCUT2D eigenvalue weighted by molar-refractivity contribution is 7.15. The van der Waals surface area contributed by atoms with Gasteiger partial charge in [-0.3, -0.25) is 9.30 Å². The molecular weight excluding hydrogens is 310 g/mol. The topological polar surface area (TPSA) is 63.3 Å². The SMILES string of the molecule is CC(c1cn(Cc2csc3cncn23)nn1)N1CCCNCC1. The van der Waals surface area contributed by atoms with E-state index in [9.17, 15) is 0 Å². The van der Waals surface area contributed by atoms with Crippen LogP contribution >= 0.6 is 11.3 Å². The Morgan fingerprint density at radius 2 is 2.30 bits per heavy atom. The van der Waals surface area contributed by atoms with Crippen LogP contribution in [0.2, 0.25) is 0 Å². The van der Waals surface area contributed by atoms with Crippen molar-refractivity contribution in [2.45, 2.75) is 25.9 Å². The number of nitrogens with zero attached hydrogens (tertiary/aromatic N) is 6. The smallest absolute Gasteiger partial charge is 0.119 e. The van der Waals surface area contributed by atoms with E-state index in [-0.39, 0.29) is 0 Å². The molecule has 1 unspecified atom stereocenters. The molecule has 1 saturated heterocycles. The zero-order valence-corrected chi connectivity index (χ0v) is 14.0. The van der Waals surface area contributed by atoms with Crippen LogP contribution in [0.5, 0.6) is 0 Å². The molecule has 1 aliphatic heterocycles. The molecule has 0 aromatic carbocycles. The number of thiazole rings is 1. The third-order valence-electron chi connectivity index (χ3n) is 4.46.